The molecule has 0 spiro atoms. The minimum atomic E-state index is 0.0366. The molecule has 2 N–H and O–H groups in total. The van der Waals surface area contributed by atoms with Gasteiger partial charge in [0.2, 0.25) is 0 Å². The topological polar surface area (TPSA) is 26.0 Å². The van der Waals surface area contributed by atoms with Gasteiger partial charge in [-0.1, -0.05) is 71.9 Å². The first kappa shape index (κ1) is 15.6. The minimum absolute atomic E-state index is 0.0366. The standard InChI is InChI=1S/C20H27N/c1-19(2,3)16-12-15(14-10-8-7-9-11-14)13-17(18(16)21)20(4,5)6/h7-13H,21H2,1-6H3. The zero-order chi connectivity index (χ0) is 15.8. The first-order valence-corrected chi connectivity index (χ1v) is 7.60. The summed E-state index contributed by atoms with van der Waals surface area (Å²) >= 11 is 0. The fraction of sp³-hybridized carbons (Fsp3) is 0.400. The predicted molar refractivity (Wildman–Crippen MR) is 93.7 cm³/mol. The van der Waals surface area contributed by atoms with Crippen LogP contribution in [0.3, 0.4) is 0 Å². The second kappa shape index (κ2) is 5.22. The van der Waals surface area contributed by atoms with Crippen molar-refractivity contribution in [1.82, 2.24) is 0 Å². The molecule has 21 heavy (non-hydrogen) atoms. The van der Waals surface area contributed by atoms with Crippen molar-refractivity contribution in [3.8, 4) is 11.1 Å². The zero-order valence-electron chi connectivity index (χ0n) is 14.1. The summed E-state index contributed by atoms with van der Waals surface area (Å²) in [5.74, 6) is 0. The summed E-state index contributed by atoms with van der Waals surface area (Å²) in [6.45, 7) is 13.3. The molecule has 0 heterocycles. The van der Waals surface area contributed by atoms with Gasteiger partial charge in [0.1, 0.15) is 0 Å². The van der Waals surface area contributed by atoms with Crippen LogP contribution in [0.25, 0.3) is 11.1 Å². The van der Waals surface area contributed by atoms with E-state index in [9.17, 15) is 0 Å². The number of rotatable bonds is 1. The molecule has 112 valence electrons. The molecule has 0 bridgehead atoms. The van der Waals surface area contributed by atoms with Crippen molar-refractivity contribution in [3.63, 3.8) is 0 Å². The maximum atomic E-state index is 6.50. The fourth-order valence-electron chi connectivity index (χ4n) is 2.69. The lowest BCUT2D eigenvalue weighted by atomic mass is 9.77. The molecular weight excluding hydrogens is 254 g/mol. The summed E-state index contributed by atoms with van der Waals surface area (Å²) in [7, 11) is 0. The van der Waals surface area contributed by atoms with Crippen LogP contribution in [0.1, 0.15) is 52.7 Å². The molecule has 0 radical (unpaired) electrons. The van der Waals surface area contributed by atoms with Gasteiger partial charge in [-0.15, -0.1) is 0 Å². The van der Waals surface area contributed by atoms with Crippen LogP contribution in [0.5, 0.6) is 0 Å². The molecule has 0 unspecified atom stereocenters. The van der Waals surface area contributed by atoms with E-state index in [2.05, 4.69) is 84.0 Å². The maximum absolute atomic E-state index is 6.50. The Kier molecular flexibility index (Phi) is 3.88. The monoisotopic (exact) mass is 281 g/mol. The van der Waals surface area contributed by atoms with Gasteiger partial charge in [-0.25, -0.2) is 0 Å². The van der Waals surface area contributed by atoms with E-state index in [1.54, 1.807) is 0 Å². The second-order valence-corrected chi connectivity index (χ2v) is 7.85. The lowest BCUT2D eigenvalue weighted by Gasteiger charge is -2.29. The highest BCUT2D eigenvalue weighted by Gasteiger charge is 2.25. The van der Waals surface area contributed by atoms with E-state index in [1.807, 2.05) is 0 Å². The van der Waals surface area contributed by atoms with Gasteiger partial charge in [0.05, 0.1) is 0 Å². The molecule has 2 rings (SSSR count). The molecule has 2 aromatic rings. The molecule has 0 aliphatic rings. The van der Waals surface area contributed by atoms with Crippen LogP contribution < -0.4 is 5.73 Å². The maximum Gasteiger partial charge on any atom is 0.0390 e. The molecule has 2 aromatic carbocycles. The third kappa shape index (κ3) is 3.29. The van der Waals surface area contributed by atoms with Crippen molar-refractivity contribution in [1.29, 1.82) is 0 Å². The van der Waals surface area contributed by atoms with Crippen LogP contribution in [0.2, 0.25) is 0 Å². The van der Waals surface area contributed by atoms with Crippen molar-refractivity contribution < 1.29 is 0 Å². The molecule has 0 aliphatic carbocycles. The Morgan fingerprint density at radius 2 is 1.10 bits per heavy atom. The fourth-order valence-corrected chi connectivity index (χ4v) is 2.69. The number of nitrogens with two attached hydrogens (primary N) is 1. The Labute approximate surface area is 129 Å². The Bertz CT molecular complexity index is 590. The summed E-state index contributed by atoms with van der Waals surface area (Å²) in [4.78, 5) is 0. The van der Waals surface area contributed by atoms with Crippen molar-refractivity contribution >= 4 is 5.69 Å². The Morgan fingerprint density at radius 3 is 1.48 bits per heavy atom. The van der Waals surface area contributed by atoms with Crippen LogP contribution >= 0.6 is 0 Å². The third-order valence-corrected chi connectivity index (χ3v) is 3.90. The molecule has 0 amide bonds. The largest absolute Gasteiger partial charge is 0.398 e. The van der Waals surface area contributed by atoms with Crippen molar-refractivity contribution in [2.45, 2.75) is 52.4 Å². The van der Waals surface area contributed by atoms with Gasteiger partial charge >= 0.3 is 0 Å². The van der Waals surface area contributed by atoms with Crippen LogP contribution in [-0.4, -0.2) is 0 Å². The zero-order valence-corrected chi connectivity index (χ0v) is 14.1. The highest BCUT2D eigenvalue weighted by molar-refractivity contribution is 5.72. The average molecular weight is 281 g/mol. The summed E-state index contributed by atoms with van der Waals surface area (Å²) < 4.78 is 0. The van der Waals surface area contributed by atoms with Gasteiger partial charge in [0.15, 0.2) is 0 Å². The minimum Gasteiger partial charge on any atom is -0.398 e. The number of benzene rings is 2. The molecule has 0 aliphatic heterocycles. The van der Waals surface area contributed by atoms with Gasteiger partial charge in [0, 0.05) is 5.69 Å². The van der Waals surface area contributed by atoms with Gasteiger partial charge in [-0.05, 0) is 45.2 Å². The van der Waals surface area contributed by atoms with Crippen molar-refractivity contribution in [2.75, 3.05) is 5.73 Å². The summed E-state index contributed by atoms with van der Waals surface area (Å²) in [5.41, 5.74) is 12.5. The quantitative estimate of drug-likeness (QED) is 0.683. The Morgan fingerprint density at radius 1 is 0.667 bits per heavy atom. The van der Waals surface area contributed by atoms with E-state index in [4.69, 9.17) is 5.73 Å². The second-order valence-electron chi connectivity index (χ2n) is 7.85. The van der Waals surface area contributed by atoms with E-state index in [0.717, 1.165) is 5.69 Å². The SMILES string of the molecule is CC(C)(C)c1cc(-c2ccccc2)cc(C(C)(C)C)c1N. The van der Waals surface area contributed by atoms with Crippen LogP contribution in [0.4, 0.5) is 5.69 Å². The van der Waals surface area contributed by atoms with E-state index in [1.165, 1.54) is 22.3 Å². The average Bonchev–Trinajstić information content (AvgIpc) is 2.37. The Hall–Kier alpha value is -1.76. The Balaban J connectivity index is 2.75. The summed E-state index contributed by atoms with van der Waals surface area (Å²) in [6.07, 6.45) is 0. The summed E-state index contributed by atoms with van der Waals surface area (Å²) in [5, 5.41) is 0. The first-order valence-electron chi connectivity index (χ1n) is 7.60. The van der Waals surface area contributed by atoms with E-state index < -0.39 is 0 Å². The number of hydrogen-bond acceptors (Lipinski definition) is 1. The van der Waals surface area contributed by atoms with Crippen LogP contribution in [0, 0.1) is 0 Å². The first-order chi connectivity index (χ1) is 9.60. The van der Waals surface area contributed by atoms with Gasteiger partial charge in [-0.3, -0.25) is 0 Å². The molecule has 1 heteroatoms. The molecule has 0 atom stereocenters. The van der Waals surface area contributed by atoms with E-state index in [0.29, 0.717) is 0 Å². The highest BCUT2D eigenvalue weighted by Crippen LogP contribution is 2.39. The van der Waals surface area contributed by atoms with Crippen LogP contribution in [0.15, 0.2) is 42.5 Å². The molecule has 1 nitrogen and oxygen atoms in total. The van der Waals surface area contributed by atoms with Gasteiger partial charge in [0.25, 0.3) is 0 Å². The lowest BCUT2D eigenvalue weighted by Crippen LogP contribution is -2.20. The lowest BCUT2D eigenvalue weighted by molar-refractivity contribution is 0.573. The number of nitrogen functional groups attached to an aromatic ring is 1. The van der Waals surface area contributed by atoms with Crippen molar-refractivity contribution in [2.24, 2.45) is 0 Å². The number of anilines is 1. The summed E-state index contributed by atoms with van der Waals surface area (Å²) in [6, 6.07) is 15.0. The van der Waals surface area contributed by atoms with Gasteiger partial charge in [-0.2, -0.15) is 0 Å². The highest BCUT2D eigenvalue weighted by atomic mass is 14.6. The smallest absolute Gasteiger partial charge is 0.0390 e. The third-order valence-electron chi connectivity index (χ3n) is 3.90. The number of hydrogen-bond donors (Lipinski definition) is 1. The molecule has 0 saturated carbocycles. The van der Waals surface area contributed by atoms with E-state index in [-0.39, 0.29) is 10.8 Å². The van der Waals surface area contributed by atoms with E-state index >= 15 is 0 Å². The predicted octanol–water partition coefficient (Wildman–Crippen LogP) is 5.53. The van der Waals surface area contributed by atoms with Crippen LogP contribution in [-0.2, 0) is 10.8 Å². The normalized spacial score (nSPS) is 12.5. The molecule has 0 fully saturated rings. The molecule has 0 aromatic heterocycles. The molecule has 0 saturated heterocycles. The molecular formula is C20H27N. The van der Waals surface area contributed by atoms with Gasteiger partial charge < -0.3 is 5.73 Å². The van der Waals surface area contributed by atoms with Crippen molar-refractivity contribution in [3.05, 3.63) is 53.6 Å².